The van der Waals surface area contributed by atoms with E-state index >= 15 is 0 Å². The summed E-state index contributed by atoms with van der Waals surface area (Å²) in [5, 5.41) is 6.65. The van der Waals surface area contributed by atoms with Gasteiger partial charge in [-0.15, -0.1) is 24.0 Å². The largest absolute Gasteiger partial charge is 0.382 e. The number of nitrogens with zero attached hydrogens (tertiary/aromatic N) is 2. The van der Waals surface area contributed by atoms with Gasteiger partial charge in [0.15, 0.2) is 5.96 Å². The van der Waals surface area contributed by atoms with Crippen molar-refractivity contribution in [2.45, 2.75) is 26.4 Å². The van der Waals surface area contributed by atoms with Gasteiger partial charge < -0.3 is 25.0 Å². The monoisotopic (exact) mass is 478 g/mol. The Morgan fingerprint density at radius 3 is 2.46 bits per heavy atom. The van der Waals surface area contributed by atoms with Crippen LogP contribution in [0.25, 0.3) is 0 Å². The number of hydrogen-bond acceptors (Lipinski definition) is 4. The minimum Gasteiger partial charge on any atom is -0.382 e. The zero-order valence-electron chi connectivity index (χ0n) is 16.6. The van der Waals surface area contributed by atoms with Gasteiger partial charge in [0, 0.05) is 33.4 Å². The number of methoxy groups -OCH3 is 1. The SMILES string of the molecule is CCNC(=NCc1ccccc1CN(C)C)NCCCOCCOC.I. The van der Waals surface area contributed by atoms with Gasteiger partial charge in [-0.2, -0.15) is 0 Å². The Hall–Kier alpha value is -0.900. The molecule has 0 fully saturated rings. The minimum absolute atomic E-state index is 0. The first kappa shape index (κ1) is 25.1. The molecule has 0 saturated carbocycles. The van der Waals surface area contributed by atoms with Crippen LogP contribution in [0.1, 0.15) is 24.5 Å². The van der Waals surface area contributed by atoms with Crippen LogP contribution in [0, 0.1) is 0 Å². The topological polar surface area (TPSA) is 58.1 Å². The first-order valence-corrected chi connectivity index (χ1v) is 8.97. The van der Waals surface area contributed by atoms with Crippen LogP contribution in [-0.2, 0) is 22.6 Å². The molecule has 0 aliphatic heterocycles. The zero-order valence-corrected chi connectivity index (χ0v) is 18.9. The van der Waals surface area contributed by atoms with Crippen molar-refractivity contribution in [1.82, 2.24) is 15.5 Å². The van der Waals surface area contributed by atoms with E-state index in [-0.39, 0.29) is 24.0 Å². The third-order valence-corrected chi connectivity index (χ3v) is 3.55. The molecule has 7 heteroatoms. The third-order valence-electron chi connectivity index (χ3n) is 3.55. The van der Waals surface area contributed by atoms with Crippen molar-refractivity contribution in [2.24, 2.45) is 4.99 Å². The summed E-state index contributed by atoms with van der Waals surface area (Å²) in [5.41, 5.74) is 2.58. The van der Waals surface area contributed by atoms with E-state index in [1.807, 2.05) is 0 Å². The maximum atomic E-state index is 5.47. The number of rotatable bonds is 12. The molecule has 0 radical (unpaired) electrons. The number of nitrogens with one attached hydrogen (secondary N) is 2. The zero-order chi connectivity index (χ0) is 18.3. The molecular weight excluding hydrogens is 443 g/mol. The number of hydrogen-bond donors (Lipinski definition) is 2. The molecule has 0 saturated heterocycles. The van der Waals surface area contributed by atoms with Crippen molar-refractivity contribution in [2.75, 3.05) is 54.1 Å². The number of guanidine groups is 1. The van der Waals surface area contributed by atoms with E-state index in [1.165, 1.54) is 11.1 Å². The van der Waals surface area contributed by atoms with Crippen molar-refractivity contribution in [3.8, 4) is 0 Å². The number of aliphatic imine (C=N–C) groups is 1. The Morgan fingerprint density at radius 1 is 1.08 bits per heavy atom. The highest BCUT2D eigenvalue weighted by atomic mass is 127. The Labute approximate surface area is 175 Å². The van der Waals surface area contributed by atoms with E-state index in [9.17, 15) is 0 Å². The fraction of sp³-hybridized carbons (Fsp3) is 0.632. The van der Waals surface area contributed by atoms with Crippen molar-refractivity contribution in [3.63, 3.8) is 0 Å². The van der Waals surface area contributed by atoms with Gasteiger partial charge in [0.1, 0.15) is 0 Å². The Balaban J connectivity index is 0.00000625. The first-order chi connectivity index (χ1) is 12.2. The van der Waals surface area contributed by atoms with Crippen molar-refractivity contribution in [3.05, 3.63) is 35.4 Å². The fourth-order valence-corrected chi connectivity index (χ4v) is 2.34. The lowest BCUT2D eigenvalue weighted by Gasteiger charge is -2.14. The molecule has 150 valence electrons. The van der Waals surface area contributed by atoms with E-state index < -0.39 is 0 Å². The third kappa shape index (κ3) is 11.7. The van der Waals surface area contributed by atoms with Crippen LogP contribution in [0.5, 0.6) is 0 Å². The lowest BCUT2D eigenvalue weighted by molar-refractivity contribution is 0.0698. The summed E-state index contributed by atoms with van der Waals surface area (Å²) < 4.78 is 10.4. The molecule has 0 spiro atoms. The molecular formula is C19H35IN4O2. The fourth-order valence-electron chi connectivity index (χ4n) is 2.34. The smallest absolute Gasteiger partial charge is 0.191 e. The summed E-state index contributed by atoms with van der Waals surface area (Å²) in [6, 6.07) is 8.47. The van der Waals surface area contributed by atoms with Gasteiger partial charge in [-0.25, -0.2) is 4.99 Å². The number of benzene rings is 1. The Bertz CT molecular complexity index is 498. The van der Waals surface area contributed by atoms with Crippen LogP contribution in [0.4, 0.5) is 0 Å². The van der Waals surface area contributed by atoms with E-state index in [4.69, 9.17) is 14.5 Å². The van der Waals surface area contributed by atoms with E-state index in [0.717, 1.165) is 38.6 Å². The predicted molar refractivity (Wildman–Crippen MR) is 119 cm³/mol. The highest BCUT2D eigenvalue weighted by Gasteiger charge is 2.03. The molecule has 0 aliphatic carbocycles. The quantitative estimate of drug-likeness (QED) is 0.209. The molecule has 0 amide bonds. The Morgan fingerprint density at radius 2 is 1.81 bits per heavy atom. The van der Waals surface area contributed by atoms with Gasteiger partial charge in [-0.3, -0.25) is 0 Å². The molecule has 0 bridgehead atoms. The molecule has 0 aromatic heterocycles. The number of halogens is 1. The highest BCUT2D eigenvalue weighted by molar-refractivity contribution is 14.0. The second kappa shape index (κ2) is 16.3. The van der Waals surface area contributed by atoms with E-state index in [1.54, 1.807) is 7.11 Å². The molecule has 6 nitrogen and oxygen atoms in total. The summed E-state index contributed by atoms with van der Waals surface area (Å²) in [5.74, 6) is 0.846. The van der Waals surface area contributed by atoms with Gasteiger partial charge in [0.25, 0.3) is 0 Å². The molecule has 1 aromatic carbocycles. The van der Waals surface area contributed by atoms with Crippen LogP contribution >= 0.6 is 24.0 Å². The summed E-state index contributed by atoms with van der Waals surface area (Å²) in [7, 11) is 5.85. The van der Waals surface area contributed by atoms with Gasteiger partial charge >= 0.3 is 0 Å². The van der Waals surface area contributed by atoms with Crippen molar-refractivity contribution in [1.29, 1.82) is 0 Å². The standard InChI is InChI=1S/C19H34N4O2.HI/c1-5-20-19(21-11-8-12-25-14-13-24-4)22-15-17-9-6-7-10-18(17)16-23(2)3;/h6-7,9-10H,5,8,11-16H2,1-4H3,(H2,20,21,22);1H. The van der Waals surface area contributed by atoms with Crippen LogP contribution in [0.15, 0.2) is 29.3 Å². The predicted octanol–water partition coefficient (Wildman–Crippen LogP) is 2.47. The minimum atomic E-state index is 0. The lowest BCUT2D eigenvalue weighted by Crippen LogP contribution is -2.38. The normalized spacial score (nSPS) is 11.3. The molecule has 1 rings (SSSR count). The molecule has 0 atom stereocenters. The van der Waals surface area contributed by atoms with Crippen molar-refractivity contribution >= 4 is 29.9 Å². The molecule has 1 aromatic rings. The van der Waals surface area contributed by atoms with Gasteiger partial charge in [-0.05, 0) is 38.6 Å². The van der Waals surface area contributed by atoms with Crippen LogP contribution in [-0.4, -0.2) is 65.0 Å². The number of ether oxygens (including phenoxy) is 2. The molecule has 0 aliphatic rings. The second-order valence-electron chi connectivity index (χ2n) is 6.09. The maximum Gasteiger partial charge on any atom is 0.191 e. The van der Waals surface area contributed by atoms with Gasteiger partial charge in [0.2, 0.25) is 0 Å². The maximum absolute atomic E-state index is 5.47. The lowest BCUT2D eigenvalue weighted by atomic mass is 10.1. The average Bonchev–Trinajstić information content (AvgIpc) is 2.59. The molecule has 2 N–H and O–H groups in total. The summed E-state index contributed by atoms with van der Waals surface area (Å²) in [4.78, 5) is 6.89. The van der Waals surface area contributed by atoms with Crippen LogP contribution in [0.3, 0.4) is 0 Å². The molecule has 0 unspecified atom stereocenters. The summed E-state index contributed by atoms with van der Waals surface area (Å²) >= 11 is 0. The van der Waals surface area contributed by atoms with Gasteiger partial charge in [-0.1, -0.05) is 24.3 Å². The van der Waals surface area contributed by atoms with E-state index in [2.05, 4.69) is 60.8 Å². The van der Waals surface area contributed by atoms with Crippen LogP contribution in [0.2, 0.25) is 0 Å². The molecule has 26 heavy (non-hydrogen) atoms. The first-order valence-electron chi connectivity index (χ1n) is 8.97. The van der Waals surface area contributed by atoms with Crippen LogP contribution < -0.4 is 10.6 Å². The Kier molecular flexibility index (Phi) is 15.7. The average molecular weight is 478 g/mol. The van der Waals surface area contributed by atoms with Gasteiger partial charge in [0.05, 0.1) is 19.8 Å². The highest BCUT2D eigenvalue weighted by Crippen LogP contribution is 2.11. The summed E-state index contributed by atoms with van der Waals surface area (Å²) in [6.45, 7) is 7.36. The van der Waals surface area contributed by atoms with E-state index in [0.29, 0.717) is 19.8 Å². The second-order valence-corrected chi connectivity index (χ2v) is 6.09. The molecule has 0 heterocycles. The summed E-state index contributed by atoms with van der Waals surface area (Å²) in [6.07, 6.45) is 0.936. The van der Waals surface area contributed by atoms with Crippen molar-refractivity contribution < 1.29 is 9.47 Å².